The first kappa shape index (κ1) is 15.0. The Kier molecular flexibility index (Phi) is 7.51. The Hall–Kier alpha value is -1.02. The highest BCUT2D eigenvalue weighted by molar-refractivity contribution is 5.30. The largest absolute Gasteiger partial charge is 0.497 e. The molecule has 0 amide bonds. The molecule has 2 nitrogen and oxygen atoms in total. The zero-order valence-electron chi connectivity index (χ0n) is 12.0. The van der Waals surface area contributed by atoms with Crippen LogP contribution in [0.2, 0.25) is 0 Å². The third kappa shape index (κ3) is 5.54. The maximum atomic E-state index is 5.25. The van der Waals surface area contributed by atoms with Crippen molar-refractivity contribution in [3.8, 4) is 5.75 Å². The third-order valence-electron chi connectivity index (χ3n) is 3.32. The number of rotatable bonds is 9. The Bertz CT molecular complexity index is 325. The van der Waals surface area contributed by atoms with Gasteiger partial charge in [-0.05, 0) is 37.6 Å². The van der Waals surface area contributed by atoms with Crippen LogP contribution in [0.15, 0.2) is 24.3 Å². The minimum Gasteiger partial charge on any atom is -0.497 e. The number of methoxy groups -OCH3 is 1. The van der Waals surface area contributed by atoms with Crippen LogP contribution in [-0.4, -0.2) is 13.7 Å². The Morgan fingerprint density at radius 3 is 2.67 bits per heavy atom. The first-order valence-corrected chi connectivity index (χ1v) is 7.15. The zero-order chi connectivity index (χ0) is 13.2. The second kappa shape index (κ2) is 8.98. The second-order valence-electron chi connectivity index (χ2n) is 4.87. The number of hydrogen-bond acceptors (Lipinski definition) is 2. The number of benzene rings is 1. The molecule has 2 heteroatoms. The molecule has 1 rings (SSSR count). The normalized spacial score (nSPS) is 12.4. The third-order valence-corrected chi connectivity index (χ3v) is 3.32. The highest BCUT2D eigenvalue weighted by Crippen LogP contribution is 2.18. The van der Waals surface area contributed by atoms with Gasteiger partial charge in [-0.25, -0.2) is 0 Å². The molecule has 1 atom stereocenters. The van der Waals surface area contributed by atoms with Gasteiger partial charge in [-0.3, -0.25) is 0 Å². The first-order valence-electron chi connectivity index (χ1n) is 7.15. The van der Waals surface area contributed by atoms with Crippen molar-refractivity contribution in [2.75, 3.05) is 13.7 Å². The summed E-state index contributed by atoms with van der Waals surface area (Å²) in [5, 5.41) is 3.57. The van der Waals surface area contributed by atoms with E-state index in [1.54, 1.807) is 7.11 Å². The predicted octanol–water partition coefficient (Wildman–Crippen LogP) is 4.32. The SMILES string of the molecule is CCCCCCCN[C@H](C)c1cccc(OC)c1. The van der Waals surface area contributed by atoms with Gasteiger partial charge >= 0.3 is 0 Å². The van der Waals surface area contributed by atoms with E-state index < -0.39 is 0 Å². The van der Waals surface area contributed by atoms with Crippen LogP contribution in [0.4, 0.5) is 0 Å². The van der Waals surface area contributed by atoms with Gasteiger partial charge in [0.25, 0.3) is 0 Å². The van der Waals surface area contributed by atoms with Crippen molar-refractivity contribution in [3.63, 3.8) is 0 Å². The molecule has 1 aromatic rings. The van der Waals surface area contributed by atoms with Crippen molar-refractivity contribution >= 4 is 0 Å². The van der Waals surface area contributed by atoms with E-state index in [-0.39, 0.29) is 0 Å². The molecule has 0 unspecified atom stereocenters. The van der Waals surface area contributed by atoms with Crippen molar-refractivity contribution in [3.05, 3.63) is 29.8 Å². The lowest BCUT2D eigenvalue weighted by Gasteiger charge is -2.15. The van der Waals surface area contributed by atoms with E-state index in [1.807, 2.05) is 12.1 Å². The van der Waals surface area contributed by atoms with E-state index in [9.17, 15) is 0 Å². The van der Waals surface area contributed by atoms with Crippen molar-refractivity contribution in [2.24, 2.45) is 0 Å². The minimum atomic E-state index is 0.395. The lowest BCUT2D eigenvalue weighted by atomic mass is 10.1. The molecular weight excluding hydrogens is 222 g/mol. The number of hydrogen-bond donors (Lipinski definition) is 1. The molecule has 0 bridgehead atoms. The fourth-order valence-electron chi connectivity index (χ4n) is 2.08. The molecule has 0 radical (unpaired) electrons. The number of nitrogens with one attached hydrogen (secondary N) is 1. The van der Waals surface area contributed by atoms with E-state index in [4.69, 9.17) is 4.74 Å². The van der Waals surface area contributed by atoms with Gasteiger partial charge in [0.05, 0.1) is 7.11 Å². The fraction of sp³-hybridized carbons (Fsp3) is 0.625. The highest BCUT2D eigenvalue weighted by atomic mass is 16.5. The molecule has 0 saturated heterocycles. The van der Waals surface area contributed by atoms with E-state index in [0.717, 1.165) is 12.3 Å². The van der Waals surface area contributed by atoms with E-state index >= 15 is 0 Å². The van der Waals surface area contributed by atoms with Crippen LogP contribution in [0.5, 0.6) is 5.75 Å². The van der Waals surface area contributed by atoms with Crippen molar-refractivity contribution < 1.29 is 4.74 Å². The van der Waals surface area contributed by atoms with Gasteiger partial charge in [0, 0.05) is 6.04 Å². The monoisotopic (exact) mass is 249 g/mol. The van der Waals surface area contributed by atoms with Crippen LogP contribution >= 0.6 is 0 Å². The summed E-state index contributed by atoms with van der Waals surface area (Å²) in [5.41, 5.74) is 1.29. The van der Waals surface area contributed by atoms with Gasteiger partial charge in [0.1, 0.15) is 5.75 Å². The molecule has 0 fully saturated rings. The first-order chi connectivity index (χ1) is 8.77. The van der Waals surface area contributed by atoms with Crippen LogP contribution < -0.4 is 10.1 Å². The molecule has 0 aromatic heterocycles. The molecule has 0 aliphatic rings. The van der Waals surface area contributed by atoms with Crippen LogP contribution in [-0.2, 0) is 0 Å². The molecule has 0 aliphatic heterocycles. The van der Waals surface area contributed by atoms with Crippen LogP contribution in [0.25, 0.3) is 0 Å². The van der Waals surface area contributed by atoms with Gasteiger partial charge in [-0.15, -0.1) is 0 Å². The van der Waals surface area contributed by atoms with Crippen molar-refractivity contribution in [1.82, 2.24) is 5.32 Å². The van der Waals surface area contributed by atoms with Gasteiger partial charge in [0.2, 0.25) is 0 Å². The van der Waals surface area contributed by atoms with Crippen molar-refractivity contribution in [2.45, 2.75) is 52.0 Å². The maximum Gasteiger partial charge on any atom is 0.119 e. The maximum absolute atomic E-state index is 5.25. The van der Waals surface area contributed by atoms with E-state index in [1.165, 1.54) is 37.7 Å². The Morgan fingerprint density at radius 2 is 1.94 bits per heavy atom. The number of ether oxygens (including phenoxy) is 1. The quantitative estimate of drug-likeness (QED) is 0.658. The van der Waals surface area contributed by atoms with Gasteiger partial charge in [-0.2, -0.15) is 0 Å². The Labute approximate surface area is 112 Å². The summed E-state index contributed by atoms with van der Waals surface area (Å²) in [4.78, 5) is 0. The number of unbranched alkanes of at least 4 members (excludes halogenated alkanes) is 4. The lowest BCUT2D eigenvalue weighted by Crippen LogP contribution is -2.19. The summed E-state index contributed by atoms with van der Waals surface area (Å²) in [6.45, 7) is 5.56. The van der Waals surface area contributed by atoms with Gasteiger partial charge < -0.3 is 10.1 Å². The second-order valence-corrected chi connectivity index (χ2v) is 4.87. The summed E-state index contributed by atoms with van der Waals surface area (Å²) in [6, 6.07) is 8.69. The highest BCUT2D eigenvalue weighted by Gasteiger charge is 2.04. The average molecular weight is 249 g/mol. The van der Waals surface area contributed by atoms with E-state index in [0.29, 0.717) is 6.04 Å². The summed E-state index contributed by atoms with van der Waals surface area (Å²) < 4.78 is 5.25. The van der Waals surface area contributed by atoms with E-state index in [2.05, 4.69) is 31.3 Å². The molecule has 0 aliphatic carbocycles. The lowest BCUT2D eigenvalue weighted by molar-refractivity contribution is 0.413. The molecule has 1 aromatic carbocycles. The average Bonchev–Trinajstić information content (AvgIpc) is 2.42. The van der Waals surface area contributed by atoms with Crippen LogP contribution in [0.1, 0.15) is 57.6 Å². The molecule has 0 spiro atoms. The molecule has 1 N–H and O–H groups in total. The Balaban J connectivity index is 2.25. The summed E-state index contributed by atoms with van der Waals surface area (Å²) >= 11 is 0. The summed E-state index contributed by atoms with van der Waals surface area (Å²) in [5.74, 6) is 0.934. The topological polar surface area (TPSA) is 21.3 Å². The van der Waals surface area contributed by atoms with Crippen LogP contribution in [0.3, 0.4) is 0 Å². The van der Waals surface area contributed by atoms with Crippen LogP contribution in [0, 0.1) is 0 Å². The van der Waals surface area contributed by atoms with Gasteiger partial charge in [-0.1, -0.05) is 44.7 Å². The van der Waals surface area contributed by atoms with Gasteiger partial charge in [0.15, 0.2) is 0 Å². The Morgan fingerprint density at radius 1 is 1.17 bits per heavy atom. The van der Waals surface area contributed by atoms with Crippen molar-refractivity contribution in [1.29, 1.82) is 0 Å². The molecule has 18 heavy (non-hydrogen) atoms. The molecule has 0 saturated carbocycles. The standard InChI is InChI=1S/C16H27NO/c1-4-5-6-7-8-12-17-14(2)15-10-9-11-16(13-15)18-3/h9-11,13-14,17H,4-8,12H2,1-3H3/t14-/m1/s1. The minimum absolute atomic E-state index is 0.395. The molecular formula is C16H27NO. The predicted molar refractivity (Wildman–Crippen MR) is 78.2 cm³/mol. The smallest absolute Gasteiger partial charge is 0.119 e. The molecule has 102 valence electrons. The summed E-state index contributed by atoms with van der Waals surface area (Å²) in [6.07, 6.45) is 6.66. The zero-order valence-corrected chi connectivity index (χ0v) is 12.0. The molecule has 0 heterocycles. The summed E-state index contributed by atoms with van der Waals surface area (Å²) in [7, 11) is 1.71. The fourth-order valence-corrected chi connectivity index (χ4v) is 2.08.